The lowest BCUT2D eigenvalue weighted by atomic mass is 10.1. The Morgan fingerprint density at radius 3 is 2.77 bits per heavy atom. The highest BCUT2D eigenvalue weighted by atomic mass is 16.5. The molecule has 13 heavy (non-hydrogen) atoms. The minimum atomic E-state index is -0.267. The Morgan fingerprint density at radius 2 is 2.23 bits per heavy atom. The molecular formula is C10H13NO2. The van der Waals surface area contributed by atoms with Gasteiger partial charge in [0, 0.05) is 12.6 Å². The third-order valence-electron chi connectivity index (χ3n) is 1.80. The average Bonchev–Trinajstić information content (AvgIpc) is 2.02. The molecule has 0 amide bonds. The van der Waals surface area contributed by atoms with Gasteiger partial charge < -0.3 is 10.5 Å². The molecular weight excluding hydrogens is 166 g/mol. The van der Waals surface area contributed by atoms with Crippen LogP contribution in [0.3, 0.4) is 0 Å². The third kappa shape index (κ3) is 2.78. The van der Waals surface area contributed by atoms with Crippen molar-refractivity contribution in [2.75, 3.05) is 5.73 Å². The summed E-state index contributed by atoms with van der Waals surface area (Å²) >= 11 is 0. The van der Waals surface area contributed by atoms with E-state index in [4.69, 9.17) is 10.5 Å². The highest BCUT2D eigenvalue weighted by Gasteiger charge is 2.00. The van der Waals surface area contributed by atoms with Gasteiger partial charge in [-0.25, -0.2) is 0 Å². The second-order valence-corrected chi connectivity index (χ2v) is 2.97. The van der Waals surface area contributed by atoms with Crippen LogP contribution >= 0.6 is 0 Å². The molecule has 3 nitrogen and oxygen atoms in total. The van der Waals surface area contributed by atoms with Gasteiger partial charge in [-0.2, -0.15) is 0 Å². The molecule has 1 rings (SSSR count). The Balaban J connectivity index is 2.72. The van der Waals surface area contributed by atoms with Crippen molar-refractivity contribution in [1.29, 1.82) is 0 Å². The number of aryl methyl sites for hydroxylation is 1. The van der Waals surface area contributed by atoms with Gasteiger partial charge in [-0.15, -0.1) is 0 Å². The Labute approximate surface area is 77.5 Å². The van der Waals surface area contributed by atoms with Gasteiger partial charge in [0.2, 0.25) is 0 Å². The van der Waals surface area contributed by atoms with Crippen LogP contribution in [0.25, 0.3) is 0 Å². The highest BCUT2D eigenvalue weighted by molar-refractivity contribution is 5.66. The van der Waals surface area contributed by atoms with Crippen molar-refractivity contribution in [2.45, 2.75) is 20.5 Å². The second kappa shape index (κ2) is 3.94. The van der Waals surface area contributed by atoms with E-state index in [1.165, 1.54) is 6.92 Å². The molecule has 0 bridgehead atoms. The van der Waals surface area contributed by atoms with Crippen LogP contribution in [0.15, 0.2) is 18.2 Å². The number of benzene rings is 1. The molecule has 0 radical (unpaired) electrons. The minimum Gasteiger partial charge on any atom is -0.461 e. The molecule has 0 heterocycles. The fourth-order valence-electron chi connectivity index (χ4n) is 1.06. The normalized spacial score (nSPS) is 9.69. The zero-order valence-electron chi connectivity index (χ0n) is 7.83. The van der Waals surface area contributed by atoms with Gasteiger partial charge in [0.1, 0.15) is 6.61 Å². The number of carbonyl (C=O) groups excluding carboxylic acids is 1. The van der Waals surface area contributed by atoms with Crippen molar-refractivity contribution in [3.63, 3.8) is 0 Å². The largest absolute Gasteiger partial charge is 0.461 e. The maximum absolute atomic E-state index is 10.5. The smallest absolute Gasteiger partial charge is 0.302 e. The summed E-state index contributed by atoms with van der Waals surface area (Å²) in [6.45, 7) is 3.66. The fourth-order valence-corrected chi connectivity index (χ4v) is 1.06. The summed E-state index contributed by atoms with van der Waals surface area (Å²) in [5.41, 5.74) is 8.33. The van der Waals surface area contributed by atoms with E-state index in [0.717, 1.165) is 16.8 Å². The van der Waals surface area contributed by atoms with E-state index >= 15 is 0 Å². The van der Waals surface area contributed by atoms with Crippen LogP contribution in [0.2, 0.25) is 0 Å². The zero-order valence-corrected chi connectivity index (χ0v) is 7.83. The van der Waals surface area contributed by atoms with E-state index in [9.17, 15) is 4.79 Å². The summed E-state index contributed by atoms with van der Waals surface area (Å²) in [7, 11) is 0. The van der Waals surface area contributed by atoms with Crippen LogP contribution in [0, 0.1) is 6.92 Å². The number of rotatable bonds is 2. The molecule has 2 N–H and O–H groups in total. The van der Waals surface area contributed by atoms with Crippen molar-refractivity contribution in [2.24, 2.45) is 0 Å². The molecule has 0 aliphatic carbocycles. The zero-order chi connectivity index (χ0) is 9.84. The van der Waals surface area contributed by atoms with Crippen molar-refractivity contribution in [3.8, 4) is 0 Å². The number of anilines is 1. The first-order chi connectivity index (χ1) is 6.09. The second-order valence-electron chi connectivity index (χ2n) is 2.97. The number of hydrogen-bond acceptors (Lipinski definition) is 3. The first kappa shape index (κ1) is 9.58. The quantitative estimate of drug-likeness (QED) is 0.554. The standard InChI is InChI=1S/C10H13NO2/c1-7-5-10(11)4-3-9(7)6-13-8(2)12/h3-5H,6,11H2,1-2H3. The lowest BCUT2D eigenvalue weighted by Gasteiger charge is -2.06. The fraction of sp³-hybridized carbons (Fsp3) is 0.300. The topological polar surface area (TPSA) is 52.3 Å². The third-order valence-corrected chi connectivity index (χ3v) is 1.80. The molecule has 1 aromatic carbocycles. The van der Waals surface area contributed by atoms with Gasteiger partial charge in [0.25, 0.3) is 0 Å². The molecule has 1 aromatic rings. The van der Waals surface area contributed by atoms with Crippen LogP contribution in [-0.2, 0) is 16.1 Å². The molecule has 0 saturated carbocycles. The number of nitrogens with two attached hydrogens (primary N) is 1. The van der Waals surface area contributed by atoms with Gasteiger partial charge in [0.05, 0.1) is 0 Å². The molecule has 0 aliphatic heterocycles. The summed E-state index contributed by atoms with van der Waals surface area (Å²) < 4.78 is 4.87. The Kier molecular flexibility index (Phi) is 2.90. The molecule has 3 heteroatoms. The summed E-state index contributed by atoms with van der Waals surface area (Å²) in [6, 6.07) is 5.53. The maximum Gasteiger partial charge on any atom is 0.302 e. The summed E-state index contributed by atoms with van der Waals surface area (Å²) in [5.74, 6) is -0.267. The van der Waals surface area contributed by atoms with Crippen molar-refractivity contribution in [1.82, 2.24) is 0 Å². The van der Waals surface area contributed by atoms with Gasteiger partial charge in [-0.05, 0) is 30.2 Å². The van der Waals surface area contributed by atoms with Gasteiger partial charge >= 0.3 is 5.97 Å². The maximum atomic E-state index is 10.5. The molecule has 0 saturated heterocycles. The SMILES string of the molecule is CC(=O)OCc1ccc(N)cc1C. The van der Waals surface area contributed by atoms with Gasteiger partial charge in [-0.3, -0.25) is 4.79 Å². The number of esters is 1. The van der Waals surface area contributed by atoms with Crippen molar-refractivity contribution < 1.29 is 9.53 Å². The Hall–Kier alpha value is -1.51. The molecule has 0 fully saturated rings. The molecule has 70 valence electrons. The number of hydrogen-bond donors (Lipinski definition) is 1. The molecule has 0 spiro atoms. The van der Waals surface area contributed by atoms with Gasteiger partial charge in [-0.1, -0.05) is 6.07 Å². The van der Waals surface area contributed by atoms with Gasteiger partial charge in [0.15, 0.2) is 0 Å². The number of carbonyl (C=O) groups is 1. The minimum absolute atomic E-state index is 0.267. The predicted molar refractivity (Wildman–Crippen MR) is 51.1 cm³/mol. The summed E-state index contributed by atoms with van der Waals surface area (Å²) in [6.07, 6.45) is 0. The average molecular weight is 179 g/mol. The first-order valence-corrected chi connectivity index (χ1v) is 4.08. The van der Waals surface area contributed by atoms with E-state index in [1.54, 1.807) is 6.07 Å². The molecule has 0 atom stereocenters. The molecule has 0 unspecified atom stereocenters. The molecule has 0 aromatic heterocycles. The van der Waals surface area contributed by atoms with Crippen molar-refractivity contribution in [3.05, 3.63) is 29.3 Å². The molecule has 0 aliphatic rings. The summed E-state index contributed by atoms with van der Waals surface area (Å²) in [5, 5.41) is 0. The monoisotopic (exact) mass is 179 g/mol. The Morgan fingerprint density at radius 1 is 1.54 bits per heavy atom. The van der Waals surface area contributed by atoms with E-state index in [2.05, 4.69) is 0 Å². The van der Waals surface area contributed by atoms with Crippen LogP contribution in [0.1, 0.15) is 18.1 Å². The highest BCUT2D eigenvalue weighted by Crippen LogP contribution is 2.13. The van der Waals surface area contributed by atoms with Crippen LogP contribution in [0.4, 0.5) is 5.69 Å². The number of nitrogen functional groups attached to an aromatic ring is 1. The van der Waals surface area contributed by atoms with Crippen molar-refractivity contribution >= 4 is 11.7 Å². The van der Waals surface area contributed by atoms with E-state index in [0.29, 0.717) is 6.61 Å². The van der Waals surface area contributed by atoms with E-state index < -0.39 is 0 Å². The number of ether oxygens (including phenoxy) is 1. The lowest BCUT2D eigenvalue weighted by molar-refractivity contribution is -0.142. The Bertz CT molecular complexity index is 321. The first-order valence-electron chi connectivity index (χ1n) is 4.08. The van der Waals surface area contributed by atoms with Crippen LogP contribution < -0.4 is 5.73 Å². The lowest BCUT2D eigenvalue weighted by Crippen LogP contribution is -2.00. The summed E-state index contributed by atoms with van der Waals surface area (Å²) in [4.78, 5) is 10.5. The predicted octanol–water partition coefficient (Wildman–Crippen LogP) is 1.64. The van der Waals surface area contributed by atoms with E-state index in [1.807, 2.05) is 19.1 Å². The van der Waals surface area contributed by atoms with Crippen LogP contribution in [-0.4, -0.2) is 5.97 Å². The van der Waals surface area contributed by atoms with Crippen LogP contribution in [0.5, 0.6) is 0 Å². The van der Waals surface area contributed by atoms with E-state index in [-0.39, 0.29) is 5.97 Å².